The summed E-state index contributed by atoms with van der Waals surface area (Å²) >= 11 is 0. The third kappa shape index (κ3) is 5.47. The molecule has 2 aromatic heterocycles. The Morgan fingerprint density at radius 3 is 1.31 bits per heavy atom. The molecule has 0 unspecified atom stereocenters. The number of para-hydroxylation sites is 2. The van der Waals surface area contributed by atoms with Crippen LogP contribution in [0.1, 0.15) is 36.6 Å². The van der Waals surface area contributed by atoms with Gasteiger partial charge in [-0.05, 0) is 72.8 Å². The van der Waals surface area contributed by atoms with Crippen LogP contribution in [0.25, 0.3) is 11.4 Å². The van der Waals surface area contributed by atoms with E-state index in [1.54, 1.807) is 97.8 Å². The highest BCUT2D eigenvalue weighted by Crippen LogP contribution is 2.25. The van der Waals surface area contributed by atoms with Crippen molar-refractivity contribution in [2.24, 2.45) is 0 Å². The van der Waals surface area contributed by atoms with Gasteiger partial charge in [0.1, 0.15) is 0 Å². The number of anilines is 2. The van der Waals surface area contributed by atoms with E-state index >= 15 is 0 Å². The number of ketones is 1. The Balaban J connectivity index is 1.20. The molecule has 2 heterocycles. The molecule has 0 aliphatic heterocycles. The van der Waals surface area contributed by atoms with Gasteiger partial charge in [0.05, 0.1) is 24.0 Å². The molecule has 0 aliphatic rings. The molecular formula is C33H24N6O3. The highest BCUT2D eigenvalue weighted by molar-refractivity contribution is 6.19. The van der Waals surface area contributed by atoms with Gasteiger partial charge in [0, 0.05) is 58.4 Å². The van der Waals surface area contributed by atoms with E-state index in [9.17, 15) is 14.4 Å². The average Bonchev–Trinajstić information content (AvgIpc) is 3.77. The Kier molecular flexibility index (Phi) is 7.20. The number of carbonyl (C=O) groups is 3. The minimum absolute atomic E-state index is 0.298. The Bertz CT molecular complexity index is 1720. The molecule has 0 atom stereocenters. The van der Waals surface area contributed by atoms with E-state index in [0.717, 1.165) is 11.4 Å². The van der Waals surface area contributed by atoms with E-state index in [-0.39, 0.29) is 17.6 Å². The van der Waals surface area contributed by atoms with Crippen molar-refractivity contribution in [2.45, 2.75) is 0 Å². The van der Waals surface area contributed by atoms with Crippen molar-refractivity contribution < 1.29 is 14.4 Å². The highest BCUT2D eigenvalue weighted by Gasteiger charge is 2.20. The summed E-state index contributed by atoms with van der Waals surface area (Å²) in [6, 6.07) is 27.7. The van der Waals surface area contributed by atoms with Gasteiger partial charge in [-0.3, -0.25) is 14.4 Å². The van der Waals surface area contributed by atoms with Gasteiger partial charge in [-0.15, -0.1) is 0 Å². The first-order valence-electron chi connectivity index (χ1n) is 13.1. The predicted octanol–water partition coefficient (Wildman–Crippen LogP) is 5.79. The van der Waals surface area contributed by atoms with Crippen LogP contribution in [0.2, 0.25) is 0 Å². The van der Waals surface area contributed by atoms with Gasteiger partial charge in [0.2, 0.25) is 0 Å². The second kappa shape index (κ2) is 11.6. The fourth-order valence-corrected chi connectivity index (χ4v) is 4.51. The molecule has 0 spiro atoms. The summed E-state index contributed by atoms with van der Waals surface area (Å²) in [6.07, 6.45) is 10.3. The van der Waals surface area contributed by atoms with Gasteiger partial charge in [0.25, 0.3) is 11.8 Å². The Hall–Kier alpha value is -6.09. The average molecular weight is 553 g/mol. The van der Waals surface area contributed by atoms with Gasteiger partial charge in [0.15, 0.2) is 5.78 Å². The van der Waals surface area contributed by atoms with E-state index in [1.807, 2.05) is 45.8 Å². The second-order valence-electron chi connectivity index (χ2n) is 9.36. The quantitative estimate of drug-likeness (QED) is 0.232. The minimum Gasteiger partial charge on any atom is -0.321 e. The molecule has 6 rings (SSSR count). The molecule has 0 radical (unpaired) electrons. The zero-order chi connectivity index (χ0) is 28.9. The Morgan fingerprint density at radius 1 is 0.524 bits per heavy atom. The van der Waals surface area contributed by atoms with Crippen LogP contribution < -0.4 is 10.6 Å². The lowest BCUT2D eigenvalue weighted by Crippen LogP contribution is -2.17. The SMILES string of the molecule is O=C(Nc1ccccc1C(=O)c1ccccc1NC(=O)c1ccc(-n2ccnc2)cc1)c1ccc(-n2ccnc2)cc1. The molecule has 0 aliphatic carbocycles. The number of nitrogens with one attached hydrogen (secondary N) is 2. The summed E-state index contributed by atoms with van der Waals surface area (Å²) in [5, 5.41) is 5.72. The number of hydrogen-bond acceptors (Lipinski definition) is 5. The van der Waals surface area contributed by atoms with Gasteiger partial charge < -0.3 is 19.8 Å². The topological polar surface area (TPSA) is 111 Å². The van der Waals surface area contributed by atoms with Gasteiger partial charge >= 0.3 is 0 Å². The van der Waals surface area contributed by atoms with Crippen LogP contribution in [0.3, 0.4) is 0 Å². The van der Waals surface area contributed by atoms with Crippen LogP contribution in [-0.2, 0) is 0 Å². The molecule has 204 valence electrons. The molecule has 4 aromatic carbocycles. The fraction of sp³-hybridized carbons (Fsp3) is 0. The maximum atomic E-state index is 13.8. The molecule has 2 amide bonds. The summed E-state index contributed by atoms with van der Waals surface area (Å²) in [4.78, 5) is 48.0. The van der Waals surface area contributed by atoms with Crippen LogP contribution in [-0.4, -0.2) is 36.7 Å². The van der Waals surface area contributed by atoms with Crippen LogP contribution in [0.4, 0.5) is 11.4 Å². The molecule has 0 bridgehead atoms. The number of carbonyl (C=O) groups excluding carboxylic acids is 3. The molecule has 0 fully saturated rings. The third-order valence-electron chi connectivity index (χ3n) is 6.70. The van der Waals surface area contributed by atoms with Gasteiger partial charge in [-0.25, -0.2) is 9.97 Å². The Labute approximate surface area is 241 Å². The molecule has 6 aromatic rings. The number of aromatic nitrogens is 4. The number of nitrogens with zero attached hydrogens (tertiary/aromatic N) is 4. The molecule has 2 N–H and O–H groups in total. The highest BCUT2D eigenvalue weighted by atomic mass is 16.2. The first-order valence-corrected chi connectivity index (χ1v) is 13.1. The van der Waals surface area contributed by atoms with Crippen molar-refractivity contribution in [1.29, 1.82) is 0 Å². The van der Waals surface area contributed by atoms with Gasteiger partial charge in [-0.1, -0.05) is 24.3 Å². The van der Waals surface area contributed by atoms with Crippen LogP contribution in [0.5, 0.6) is 0 Å². The van der Waals surface area contributed by atoms with E-state index < -0.39 is 0 Å². The molecule has 0 saturated heterocycles. The smallest absolute Gasteiger partial charge is 0.255 e. The number of imidazole rings is 2. The molecule has 9 heteroatoms. The van der Waals surface area contributed by atoms with Crippen molar-refractivity contribution in [3.8, 4) is 11.4 Å². The summed E-state index contributed by atoms with van der Waals surface area (Å²) in [7, 11) is 0. The number of rotatable bonds is 8. The normalized spacial score (nSPS) is 10.7. The van der Waals surface area contributed by atoms with Crippen LogP contribution in [0.15, 0.2) is 135 Å². The summed E-state index contributed by atoms with van der Waals surface area (Å²) < 4.78 is 3.67. The zero-order valence-corrected chi connectivity index (χ0v) is 22.2. The summed E-state index contributed by atoms with van der Waals surface area (Å²) in [6.45, 7) is 0. The van der Waals surface area contributed by atoms with Crippen molar-refractivity contribution in [3.05, 3.63) is 157 Å². The Morgan fingerprint density at radius 2 is 0.929 bits per heavy atom. The standard InChI is InChI=1S/C33H24N6O3/c40-31(27-5-1-3-7-29(27)36-32(41)23-9-13-25(14-10-23)38-19-17-34-21-38)28-6-2-4-8-30(28)37-33(42)24-11-15-26(16-12-24)39-20-18-35-22-39/h1-22H,(H,36,41)(H,37,42). The maximum absolute atomic E-state index is 13.8. The first-order chi connectivity index (χ1) is 20.6. The molecule has 9 nitrogen and oxygen atoms in total. The van der Waals surface area contributed by atoms with Crippen LogP contribution >= 0.6 is 0 Å². The molecule has 0 saturated carbocycles. The monoisotopic (exact) mass is 552 g/mol. The third-order valence-corrected chi connectivity index (χ3v) is 6.70. The lowest BCUT2D eigenvalue weighted by atomic mass is 9.99. The largest absolute Gasteiger partial charge is 0.321 e. The number of amides is 2. The fourth-order valence-electron chi connectivity index (χ4n) is 4.51. The summed E-state index contributed by atoms with van der Waals surface area (Å²) in [5.41, 5.74) is 3.94. The van der Waals surface area contributed by atoms with Crippen LogP contribution in [0, 0.1) is 0 Å². The molecular weight excluding hydrogens is 528 g/mol. The summed E-state index contributed by atoms with van der Waals surface area (Å²) in [5.74, 6) is -1.05. The zero-order valence-electron chi connectivity index (χ0n) is 22.2. The van der Waals surface area contributed by atoms with Crippen molar-refractivity contribution in [1.82, 2.24) is 19.1 Å². The maximum Gasteiger partial charge on any atom is 0.255 e. The number of hydrogen-bond donors (Lipinski definition) is 2. The van der Waals surface area contributed by atoms with E-state index in [2.05, 4.69) is 20.6 Å². The van der Waals surface area contributed by atoms with E-state index in [1.165, 1.54) is 0 Å². The minimum atomic E-state index is -0.354. The van der Waals surface area contributed by atoms with E-state index in [4.69, 9.17) is 0 Å². The van der Waals surface area contributed by atoms with E-state index in [0.29, 0.717) is 33.6 Å². The lowest BCUT2D eigenvalue weighted by Gasteiger charge is -2.14. The molecule has 42 heavy (non-hydrogen) atoms. The predicted molar refractivity (Wildman–Crippen MR) is 159 cm³/mol. The number of benzene rings is 4. The van der Waals surface area contributed by atoms with Crippen molar-refractivity contribution in [3.63, 3.8) is 0 Å². The first kappa shape index (κ1) is 26.1. The van der Waals surface area contributed by atoms with Crippen molar-refractivity contribution in [2.75, 3.05) is 10.6 Å². The van der Waals surface area contributed by atoms with Crippen molar-refractivity contribution >= 4 is 29.0 Å². The lowest BCUT2D eigenvalue weighted by molar-refractivity contribution is 0.101. The van der Waals surface area contributed by atoms with Gasteiger partial charge in [-0.2, -0.15) is 0 Å². The second-order valence-corrected chi connectivity index (χ2v) is 9.36.